The van der Waals surface area contributed by atoms with Crippen molar-refractivity contribution in [1.82, 2.24) is 30.0 Å². The first-order chi connectivity index (χ1) is 15.2. The Morgan fingerprint density at radius 1 is 1.10 bits per heavy atom. The van der Waals surface area contributed by atoms with Crippen molar-refractivity contribution in [2.24, 2.45) is 0 Å². The molecule has 0 N–H and O–H groups in total. The van der Waals surface area contributed by atoms with Crippen molar-refractivity contribution in [2.45, 2.75) is 38.4 Å². The molecule has 7 nitrogen and oxygen atoms in total. The van der Waals surface area contributed by atoms with Crippen LogP contribution in [0.5, 0.6) is 0 Å². The fraction of sp³-hybridized carbons (Fsp3) is 0.391. The number of carbonyl (C=O) groups is 1. The summed E-state index contributed by atoms with van der Waals surface area (Å²) in [6.45, 7) is 4.11. The molecule has 0 spiro atoms. The summed E-state index contributed by atoms with van der Waals surface area (Å²) < 4.78 is 1.65. The van der Waals surface area contributed by atoms with Gasteiger partial charge in [0.1, 0.15) is 6.54 Å². The summed E-state index contributed by atoms with van der Waals surface area (Å²) in [4.78, 5) is 17.2. The van der Waals surface area contributed by atoms with Crippen molar-refractivity contribution in [1.29, 1.82) is 0 Å². The van der Waals surface area contributed by atoms with E-state index in [-0.39, 0.29) is 12.5 Å². The standard InChI is InChI=1S/C23H25ClN6O/c24-21-7-3-6-18(12-21)20-9-11-29(14-20)23(31)16-30-22(25-26-27-30)15-28-10-8-17-4-1-2-5-19(17)13-28/h1-7,12,20H,8-11,13-16H2. The summed E-state index contributed by atoms with van der Waals surface area (Å²) in [5.74, 6) is 1.12. The largest absolute Gasteiger partial charge is 0.340 e. The number of benzene rings is 2. The van der Waals surface area contributed by atoms with E-state index in [0.29, 0.717) is 19.0 Å². The zero-order chi connectivity index (χ0) is 21.2. The molecule has 8 heteroatoms. The molecule has 2 aliphatic rings. The highest BCUT2D eigenvalue weighted by Gasteiger charge is 2.28. The second-order valence-electron chi connectivity index (χ2n) is 8.36. The summed E-state index contributed by atoms with van der Waals surface area (Å²) >= 11 is 6.13. The van der Waals surface area contributed by atoms with Crippen LogP contribution in [0.3, 0.4) is 0 Å². The first-order valence-electron chi connectivity index (χ1n) is 10.7. The first-order valence-corrected chi connectivity index (χ1v) is 11.1. The van der Waals surface area contributed by atoms with Crippen LogP contribution in [0, 0.1) is 0 Å². The van der Waals surface area contributed by atoms with Crippen LogP contribution in [-0.4, -0.2) is 55.5 Å². The zero-order valence-corrected chi connectivity index (χ0v) is 18.1. The van der Waals surface area contributed by atoms with Gasteiger partial charge in [-0.2, -0.15) is 0 Å². The van der Waals surface area contributed by atoms with Gasteiger partial charge >= 0.3 is 0 Å². The van der Waals surface area contributed by atoms with Crippen LogP contribution >= 0.6 is 11.6 Å². The molecule has 0 saturated carbocycles. The molecule has 1 aromatic heterocycles. The molecule has 1 unspecified atom stereocenters. The van der Waals surface area contributed by atoms with Crippen molar-refractivity contribution in [3.63, 3.8) is 0 Å². The smallest absolute Gasteiger partial charge is 0.244 e. The molecule has 160 valence electrons. The van der Waals surface area contributed by atoms with E-state index in [1.54, 1.807) is 4.68 Å². The molecule has 0 radical (unpaired) electrons. The van der Waals surface area contributed by atoms with Crippen LogP contribution in [-0.2, 0) is 30.8 Å². The molecule has 2 aromatic carbocycles. The summed E-state index contributed by atoms with van der Waals surface area (Å²) in [7, 11) is 0. The third kappa shape index (κ3) is 4.48. The minimum absolute atomic E-state index is 0.0575. The number of fused-ring (bicyclic) bond motifs is 1. The molecule has 0 bridgehead atoms. The van der Waals surface area contributed by atoms with Gasteiger partial charge in [0, 0.05) is 37.1 Å². The maximum atomic E-state index is 12.9. The Labute approximate surface area is 186 Å². The van der Waals surface area contributed by atoms with Gasteiger partial charge in [0.2, 0.25) is 5.91 Å². The van der Waals surface area contributed by atoms with E-state index in [0.717, 1.165) is 43.3 Å². The molecule has 2 aliphatic heterocycles. The van der Waals surface area contributed by atoms with Crippen molar-refractivity contribution < 1.29 is 4.79 Å². The van der Waals surface area contributed by atoms with Gasteiger partial charge in [0.15, 0.2) is 5.82 Å². The highest BCUT2D eigenvalue weighted by atomic mass is 35.5. The maximum Gasteiger partial charge on any atom is 0.244 e. The van der Waals surface area contributed by atoms with Gasteiger partial charge in [0.25, 0.3) is 0 Å². The molecule has 3 aromatic rings. The molecule has 3 heterocycles. The highest BCUT2D eigenvalue weighted by molar-refractivity contribution is 6.30. The molecule has 1 atom stereocenters. The molecule has 0 aliphatic carbocycles. The van der Waals surface area contributed by atoms with Crippen molar-refractivity contribution in [3.05, 3.63) is 76.1 Å². The van der Waals surface area contributed by atoms with E-state index in [4.69, 9.17) is 11.6 Å². The lowest BCUT2D eigenvalue weighted by Crippen LogP contribution is -2.34. The van der Waals surface area contributed by atoms with Gasteiger partial charge in [-0.15, -0.1) is 5.10 Å². The first kappa shape index (κ1) is 20.2. The van der Waals surface area contributed by atoms with Crippen LogP contribution in [0.25, 0.3) is 0 Å². The normalized spacial score (nSPS) is 18.9. The van der Waals surface area contributed by atoms with E-state index >= 15 is 0 Å². The number of rotatable bonds is 5. The number of aromatic nitrogens is 4. The van der Waals surface area contributed by atoms with Crippen molar-refractivity contribution in [2.75, 3.05) is 19.6 Å². The predicted molar refractivity (Wildman–Crippen MR) is 117 cm³/mol. The Morgan fingerprint density at radius 3 is 2.84 bits per heavy atom. The number of carbonyl (C=O) groups excluding carboxylic acids is 1. The molecular formula is C23H25ClN6O. The predicted octanol–water partition coefficient (Wildman–Crippen LogP) is 2.90. The van der Waals surface area contributed by atoms with Crippen LogP contribution < -0.4 is 0 Å². The Balaban J connectivity index is 1.20. The monoisotopic (exact) mass is 436 g/mol. The number of likely N-dealkylation sites (tertiary alicyclic amines) is 1. The van der Waals surface area contributed by atoms with E-state index in [1.165, 1.54) is 16.7 Å². The number of nitrogens with zero attached hydrogens (tertiary/aromatic N) is 6. The maximum absolute atomic E-state index is 12.9. The van der Waals surface area contributed by atoms with Gasteiger partial charge in [-0.05, 0) is 52.1 Å². The lowest BCUT2D eigenvalue weighted by molar-refractivity contribution is -0.131. The average Bonchev–Trinajstić information content (AvgIpc) is 3.44. The highest BCUT2D eigenvalue weighted by Crippen LogP contribution is 2.29. The summed E-state index contributed by atoms with van der Waals surface area (Å²) in [5, 5.41) is 12.9. The zero-order valence-electron chi connectivity index (χ0n) is 17.3. The van der Waals surface area contributed by atoms with Crippen molar-refractivity contribution >= 4 is 17.5 Å². The Morgan fingerprint density at radius 2 is 1.97 bits per heavy atom. The number of hydrogen-bond acceptors (Lipinski definition) is 5. The second-order valence-corrected chi connectivity index (χ2v) is 8.80. The molecule has 1 saturated heterocycles. The van der Waals surface area contributed by atoms with Gasteiger partial charge < -0.3 is 4.90 Å². The molecular weight excluding hydrogens is 412 g/mol. The third-order valence-electron chi connectivity index (χ3n) is 6.33. The fourth-order valence-electron chi connectivity index (χ4n) is 4.60. The Hall–Kier alpha value is -2.77. The van der Waals surface area contributed by atoms with Crippen LogP contribution in [0.4, 0.5) is 0 Å². The summed E-state index contributed by atoms with van der Waals surface area (Å²) in [6, 6.07) is 16.5. The Bertz CT molecular complexity index is 1080. The van der Waals surface area contributed by atoms with E-state index in [2.05, 4.69) is 50.8 Å². The van der Waals surface area contributed by atoms with Gasteiger partial charge in [-0.25, -0.2) is 4.68 Å². The topological polar surface area (TPSA) is 67.2 Å². The van der Waals surface area contributed by atoms with Gasteiger partial charge in [0.05, 0.1) is 6.54 Å². The summed E-state index contributed by atoms with van der Waals surface area (Å²) in [5.41, 5.74) is 3.96. The molecule has 1 fully saturated rings. The fourth-order valence-corrected chi connectivity index (χ4v) is 4.79. The lowest BCUT2D eigenvalue weighted by Gasteiger charge is -2.28. The lowest BCUT2D eigenvalue weighted by atomic mass is 9.99. The Kier molecular flexibility index (Phi) is 5.70. The van der Waals surface area contributed by atoms with Crippen LogP contribution in [0.2, 0.25) is 5.02 Å². The number of hydrogen-bond donors (Lipinski definition) is 0. The minimum atomic E-state index is 0.0575. The second kappa shape index (κ2) is 8.77. The average molecular weight is 437 g/mol. The van der Waals surface area contributed by atoms with Crippen LogP contribution in [0.1, 0.15) is 34.9 Å². The minimum Gasteiger partial charge on any atom is -0.340 e. The molecule has 5 rings (SSSR count). The van der Waals surface area contributed by atoms with Crippen LogP contribution in [0.15, 0.2) is 48.5 Å². The van der Waals surface area contributed by atoms with E-state index in [9.17, 15) is 4.79 Å². The van der Waals surface area contributed by atoms with Crippen molar-refractivity contribution in [3.8, 4) is 0 Å². The number of amides is 1. The summed E-state index contributed by atoms with van der Waals surface area (Å²) in [6.07, 6.45) is 1.97. The van der Waals surface area contributed by atoms with Gasteiger partial charge in [-0.1, -0.05) is 48.0 Å². The SMILES string of the molecule is O=C(Cn1nnnc1CN1CCc2ccccc2C1)N1CCC(c2cccc(Cl)c2)C1. The third-order valence-corrected chi connectivity index (χ3v) is 6.56. The molecule has 1 amide bonds. The quantitative estimate of drug-likeness (QED) is 0.615. The van der Waals surface area contributed by atoms with E-state index in [1.807, 2.05) is 23.1 Å². The molecule has 31 heavy (non-hydrogen) atoms. The number of halogens is 1. The van der Waals surface area contributed by atoms with Gasteiger partial charge in [-0.3, -0.25) is 9.69 Å². The number of tetrazole rings is 1. The van der Waals surface area contributed by atoms with E-state index < -0.39 is 0 Å².